The molecular weight excluding hydrogens is 296 g/mol. The average Bonchev–Trinajstić information content (AvgIpc) is 2.67. The van der Waals surface area contributed by atoms with Crippen LogP contribution in [0.4, 0.5) is 5.82 Å². The van der Waals surface area contributed by atoms with E-state index in [0.29, 0.717) is 0 Å². The van der Waals surface area contributed by atoms with Crippen LogP contribution in [0.5, 0.6) is 0 Å². The van der Waals surface area contributed by atoms with E-state index in [9.17, 15) is 0 Å². The summed E-state index contributed by atoms with van der Waals surface area (Å²) in [6, 6.07) is 16.8. The summed E-state index contributed by atoms with van der Waals surface area (Å²) in [5.74, 6) is 1.09. The van der Waals surface area contributed by atoms with Crippen molar-refractivity contribution in [1.82, 2.24) is 14.9 Å². The largest absolute Gasteiger partial charge is 0.354 e. The Morgan fingerprint density at radius 3 is 2.50 bits per heavy atom. The van der Waals surface area contributed by atoms with Crippen LogP contribution < -0.4 is 4.90 Å². The van der Waals surface area contributed by atoms with Crippen molar-refractivity contribution in [2.75, 3.05) is 37.6 Å². The third-order valence-electron chi connectivity index (χ3n) is 4.78. The molecule has 0 aliphatic carbocycles. The molecule has 122 valence electrons. The second kappa shape index (κ2) is 6.97. The smallest absolute Gasteiger partial charge is 0.128 e. The number of anilines is 1. The van der Waals surface area contributed by atoms with Crippen molar-refractivity contribution in [3.63, 3.8) is 0 Å². The van der Waals surface area contributed by atoms with E-state index in [0.717, 1.165) is 50.5 Å². The van der Waals surface area contributed by atoms with Crippen LogP contribution in [-0.4, -0.2) is 47.6 Å². The minimum absolute atomic E-state index is 1.05. The van der Waals surface area contributed by atoms with Crippen molar-refractivity contribution >= 4 is 16.7 Å². The second-order valence-corrected chi connectivity index (χ2v) is 6.25. The molecule has 4 nitrogen and oxygen atoms in total. The van der Waals surface area contributed by atoms with Gasteiger partial charge in [-0.05, 0) is 36.2 Å². The Morgan fingerprint density at radius 1 is 0.792 bits per heavy atom. The third-order valence-corrected chi connectivity index (χ3v) is 4.78. The highest BCUT2D eigenvalue weighted by molar-refractivity contribution is 5.81. The van der Waals surface area contributed by atoms with Gasteiger partial charge in [0.25, 0.3) is 0 Å². The number of pyridine rings is 2. The van der Waals surface area contributed by atoms with Gasteiger partial charge in [0.15, 0.2) is 0 Å². The molecule has 1 fully saturated rings. The number of hydrogen-bond donors (Lipinski definition) is 0. The van der Waals surface area contributed by atoms with Gasteiger partial charge in [-0.2, -0.15) is 0 Å². The fourth-order valence-corrected chi connectivity index (χ4v) is 3.41. The zero-order valence-corrected chi connectivity index (χ0v) is 13.8. The zero-order chi connectivity index (χ0) is 16.2. The van der Waals surface area contributed by atoms with Crippen molar-refractivity contribution in [3.8, 4) is 0 Å². The number of piperazine rings is 1. The summed E-state index contributed by atoms with van der Waals surface area (Å²) in [6.45, 7) is 5.39. The minimum Gasteiger partial charge on any atom is -0.354 e. The normalized spacial score (nSPS) is 15.8. The van der Waals surface area contributed by atoms with E-state index in [4.69, 9.17) is 0 Å². The molecule has 0 radical (unpaired) electrons. The zero-order valence-electron chi connectivity index (χ0n) is 13.8. The maximum Gasteiger partial charge on any atom is 0.128 e. The van der Waals surface area contributed by atoms with Gasteiger partial charge < -0.3 is 4.90 Å². The SMILES string of the molecule is c1ccc(N2CCN(CCc3cccc4ncccc34)CC2)nc1. The van der Waals surface area contributed by atoms with Gasteiger partial charge in [-0.25, -0.2) is 4.98 Å². The predicted molar refractivity (Wildman–Crippen MR) is 98.3 cm³/mol. The monoisotopic (exact) mass is 318 g/mol. The van der Waals surface area contributed by atoms with E-state index >= 15 is 0 Å². The lowest BCUT2D eigenvalue weighted by molar-refractivity contribution is 0.260. The molecule has 4 rings (SSSR count). The van der Waals surface area contributed by atoms with E-state index in [2.05, 4.69) is 56.2 Å². The first-order chi connectivity index (χ1) is 11.9. The molecule has 2 aromatic heterocycles. The molecule has 3 aromatic rings. The van der Waals surface area contributed by atoms with Crippen molar-refractivity contribution in [2.45, 2.75) is 6.42 Å². The van der Waals surface area contributed by atoms with Gasteiger partial charge in [-0.15, -0.1) is 0 Å². The highest BCUT2D eigenvalue weighted by atomic mass is 15.3. The van der Waals surface area contributed by atoms with E-state index in [1.54, 1.807) is 0 Å². The number of aromatic nitrogens is 2. The van der Waals surface area contributed by atoms with E-state index in [1.807, 2.05) is 24.5 Å². The number of fused-ring (bicyclic) bond motifs is 1. The molecule has 0 saturated carbocycles. The molecular formula is C20H22N4. The molecule has 1 aromatic carbocycles. The van der Waals surface area contributed by atoms with Gasteiger partial charge in [-0.1, -0.05) is 24.3 Å². The molecule has 0 amide bonds. The van der Waals surface area contributed by atoms with Crippen molar-refractivity contribution < 1.29 is 0 Å². The fraction of sp³-hybridized carbons (Fsp3) is 0.300. The van der Waals surface area contributed by atoms with Gasteiger partial charge in [0.2, 0.25) is 0 Å². The Morgan fingerprint density at radius 2 is 1.67 bits per heavy atom. The number of nitrogens with zero attached hydrogens (tertiary/aromatic N) is 4. The maximum absolute atomic E-state index is 4.46. The number of benzene rings is 1. The van der Waals surface area contributed by atoms with Gasteiger partial charge in [0.05, 0.1) is 5.52 Å². The average molecular weight is 318 g/mol. The summed E-state index contributed by atoms with van der Waals surface area (Å²) in [6.07, 6.45) is 4.81. The standard InChI is InChI=1S/C20H22N4/c1-2-10-22-20(8-1)24-15-13-23(14-16-24)12-9-17-5-3-7-19-18(17)6-4-11-21-19/h1-8,10-11H,9,12-16H2. The lowest BCUT2D eigenvalue weighted by Crippen LogP contribution is -2.47. The molecule has 0 N–H and O–H groups in total. The van der Waals surface area contributed by atoms with E-state index in [1.165, 1.54) is 10.9 Å². The Hall–Kier alpha value is -2.46. The van der Waals surface area contributed by atoms with Crippen LogP contribution in [0.25, 0.3) is 10.9 Å². The van der Waals surface area contributed by atoms with Gasteiger partial charge in [-0.3, -0.25) is 9.88 Å². The molecule has 1 aliphatic heterocycles. The Labute approximate surface area is 142 Å². The van der Waals surface area contributed by atoms with Crippen LogP contribution in [-0.2, 0) is 6.42 Å². The molecule has 24 heavy (non-hydrogen) atoms. The molecule has 1 saturated heterocycles. The van der Waals surface area contributed by atoms with Crippen LogP contribution in [0, 0.1) is 0 Å². The molecule has 4 heteroatoms. The summed E-state index contributed by atoms with van der Waals surface area (Å²) in [5.41, 5.74) is 2.49. The molecule has 1 aliphatic rings. The van der Waals surface area contributed by atoms with Crippen molar-refractivity contribution in [3.05, 3.63) is 66.5 Å². The molecule has 0 atom stereocenters. The van der Waals surface area contributed by atoms with Gasteiger partial charge in [0, 0.05) is 50.5 Å². The fourth-order valence-electron chi connectivity index (χ4n) is 3.41. The summed E-state index contributed by atoms with van der Waals surface area (Å²) < 4.78 is 0. The summed E-state index contributed by atoms with van der Waals surface area (Å²) in [4.78, 5) is 13.8. The number of rotatable bonds is 4. The first kappa shape index (κ1) is 15.1. The molecule has 0 spiro atoms. The first-order valence-electron chi connectivity index (χ1n) is 8.61. The lowest BCUT2D eigenvalue weighted by atomic mass is 10.1. The topological polar surface area (TPSA) is 32.3 Å². The lowest BCUT2D eigenvalue weighted by Gasteiger charge is -2.35. The van der Waals surface area contributed by atoms with Crippen LogP contribution in [0.1, 0.15) is 5.56 Å². The Bertz CT molecular complexity index is 790. The highest BCUT2D eigenvalue weighted by Gasteiger charge is 2.17. The molecule has 3 heterocycles. The van der Waals surface area contributed by atoms with Crippen molar-refractivity contribution in [1.29, 1.82) is 0 Å². The second-order valence-electron chi connectivity index (χ2n) is 6.25. The van der Waals surface area contributed by atoms with Crippen LogP contribution in [0.2, 0.25) is 0 Å². The van der Waals surface area contributed by atoms with E-state index < -0.39 is 0 Å². The van der Waals surface area contributed by atoms with Crippen LogP contribution in [0.3, 0.4) is 0 Å². The Balaban J connectivity index is 1.36. The Kier molecular flexibility index (Phi) is 4.38. The van der Waals surface area contributed by atoms with Gasteiger partial charge in [0.1, 0.15) is 5.82 Å². The summed E-state index contributed by atoms with van der Waals surface area (Å²) in [5, 5.41) is 1.28. The third kappa shape index (κ3) is 3.24. The van der Waals surface area contributed by atoms with Gasteiger partial charge >= 0.3 is 0 Å². The summed E-state index contributed by atoms with van der Waals surface area (Å²) in [7, 11) is 0. The maximum atomic E-state index is 4.46. The predicted octanol–water partition coefficient (Wildman–Crippen LogP) is 2.99. The quantitative estimate of drug-likeness (QED) is 0.740. The van der Waals surface area contributed by atoms with Crippen LogP contribution in [0.15, 0.2) is 60.9 Å². The minimum atomic E-state index is 1.05. The highest BCUT2D eigenvalue weighted by Crippen LogP contribution is 2.18. The van der Waals surface area contributed by atoms with Crippen molar-refractivity contribution in [2.24, 2.45) is 0 Å². The van der Waals surface area contributed by atoms with E-state index in [-0.39, 0.29) is 0 Å². The molecule has 0 unspecified atom stereocenters. The number of hydrogen-bond acceptors (Lipinski definition) is 4. The first-order valence-corrected chi connectivity index (χ1v) is 8.61. The van der Waals surface area contributed by atoms with Crippen LogP contribution >= 0.6 is 0 Å². The molecule has 0 bridgehead atoms. The summed E-state index contributed by atoms with van der Waals surface area (Å²) >= 11 is 0.